The van der Waals surface area contributed by atoms with Crippen molar-refractivity contribution < 1.29 is 37.0 Å². The molecule has 0 atom stereocenters. The van der Waals surface area contributed by atoms with Gasteiger partial charge in [-0.2, -0.15) is 13.2 Å². The molecule has 8 nitrogen and oxygen atoms in total. The fourth-order valence-corrected chi connectivity index (χ4v) is 3.53. The minimum absolute atomic E-state index is 0.101. The molecule has 1 amide bonds. The Hall–Kier alpha value is -3.21. The fraction of sp³-hybridized carbons (Fsp3) is 0.381. The molecule has 0 saturated carbocycles. The predicted octanol–water partition coefficient (Wildman–Crippen LogP) is 3.28. The van der Waals surface area contributed by atoms with Crippen molar-refractivity contribution in [1.82, 2.24) is 9.88 Å². The van der Waals surface area contributed by atoms with Gasteiger partial charge in [0.05, 0.1) is 30.4 Å². The fourth-order valence-electron chi connectivity index (χ4n) is 3.25. The Morgan fingerprint density at radius 3 is 2.36 bits per heavy atom. The molecule has 0 radical (unpaired) electrons. The van der Waals surface area contributed by atoms with Crippen LogP contribution in [0.4, 0.5) is 19.0 Å². The van der Waals surface area contributed by atoms with Crippen LogP contribution >= 0.6 is 11.6 Å². The second-order valence-electron chi connectivity index (χ2n) is 7.04. The van der Waals surface area contributed by atoms with Gasteiger partial charge in [0, 0.05) is 32.4 Å². The highest BCUT2D eigenvalue weighted by molar-refractivity contribution is 6.33. The molecular weight excluding hydrogens is 467 g/mol. The van der Waals surface area contributed by atoms with E-state index in [9.17, 15) is 22.8 Å². The van der Waals surface area contributed by atoms with Gasteiger partial charge in [-0.3, -0.25) is 4.79 Å². The van der Waals surface area contributed by atoms with Crippen LogP contribution in [0.3, 0.4) is 0 Å². The Balaban J connectivity index is 1.56. The number of aromatic nitrogens is 1. The van der Waals surface area contributed by atoms with E-state index in [1.165, 1.54) is 32.4 Å². The molecule has 2 heterocycles. The second kappa shape index (κ2) is 10.2. The van der Waals surface area contributed by atoms with Crippen LogP contribution in [-0.4, -0.2) is 68.8 Å². The van der Waals surface area contributed by atoms with E-state index in [-0.39, 0.29) is 40.4 Å². The first-order valence-electron chi connectivity index (χ1n) is 9.78. The van der Waals surface area contributed by atoms with Gasteiger partial charge >= 0.3 is 12.1 Å². The zero-order chi connectivity index (χ0) is 24.2. The number of carbonyl (C=O) groups excluding carboxylic acids is 2. The maximum Gasteiger partial charge on any atom is 0.417 e. The summed E-state index contributed by atoms with van der Waals surface area (Å²) in [7, 11) is 2.67. The molecule has 0 bridgehead atoms. The van der Waals surface area contributed by atoms with E-state index in [2.05, 4.69) is 9.72 Å². The van der Waals surface area contributed by atoms with Crippen LogP contribution in [0.5, 0.6) is 11.5 Å². The predicted molar refractivity (Wildman–Crippen MR) is 113 cm³/mol. The third-order valence-electron chi connectivity index (χ3n) is 5.02. The number of amides is 1. The molecule has 3 rings (SSSR count). The van der Waals surface area contributed by atoms with Gasteiger partial charge in [0.15, 0.2) is 18.1 Å². The van der Waals surface area contributed by atoms with Gasteiger partial charge in [0.1, 0.15) is 5.82 Å². The van der Waals surface area contributed by atoms with E-state index < -0.39 is 17.7 Å². The van der Waals surface area contributed by atoms with Crippen molar-refractivity contribution in [1.29, 1.82) is 0 Å². The van der Waals surface area contributed by atoms with Crippen LogP contribution in [0, 0.1) is 0 Å². The molecule has 1 fully saturated rings. The normalized spacial score (nSPS) is 14.1. The van der Waals surface area contributed by atoms with Crippen molar-refractivity contribution in [2.45, 2.75) is 6.18 Å². The highest BCUT2D eigenvalue weighted by Crippen LogP contribution is 2.34. The maximum absolute atomic E-state index is 12.8. The Labute approximate surface area is 192 Å². The quantitative estimate of drug-likeness (QED) is 0.578. The molecule has 0 aliphatic carbocycles. The molecule has 178 valence electrons. The van der Waals surface area contributed by atoms with Crippen molar-refractivity contribution in [3.05, 3.63) is 46.6 Å². The molecule has 0 spiro atoms. The number of anilines is 1. The minimum atomic E-state index is -4.53. The largest absolute Gasteiger partial charge is 0.493 e. The van der Waals surface area contributed by atoms with Crippen LogP contribution in [0.15, 0.2) is 30.5 Å². The first kappa shape index (κ1) is 24.4. The summed E-state index contributed by atoms with van der Waals surface area (Å²) in [6.45, 7) is 1.08. The number of nitrogens with zero attached hydrogens (tertiary/aromatic N) is 3. The summed E-state index contributed by atoms with van der Waals surface area (Å²) in [5.41, 5.74) is -0.642. The number of benzene rings is 1. The van der Waals surface area contributed by atoms with Crippen LogP contribution in [0.25, 0.3) is 0 Å². The van der Waals surface area contributed by atoms with Gasteiger partial charge in [-0.05, 0) is 24.3 Å². The lowest BCUT2D eigenvalue weighted by Crippen LogP contribution is -2.50. The average Bonchev–Trinajstić information content (AvgIpc) is 2.81. The van der Waals surface area contributed by atoms with Gasteiger partial charge in [-0.25, -0.2) is 9.78 Å². The number of halogens is 4. The van der Waals surface area contributed by atoms with E-state index in [1.807, 2.05) is 0 Å². The highest BCUT2D eigenvalue weighted by Gasteiger charge is 2.32. The van der Waals surface area contributed by atoms with E-state index >= 15 is 0 Å². The molecule has 1 aliphatic rings. The van der Waals surface area contributed by atoms with Crippen molar-refractivity contribution in [2.24, 2.45) is 0 Å². The summed E-state index contributed by atoms with van der Waals surface area (Å²) in [5, 5.41) is -0.101. The van der Waals surface area contributed by atoms with Crippen LogP contribution in [0.2, 0.25) is 5.02 Å². The molecule has 0 N–H and O–H groups in total. The Bertz CT molecular complexity index is 1030. The number of alkyl halides is 3. The van der Waals surface area contributed by atoms with Crippen LogP contribution in [0.1, 0.15) is 15.9 Å². The van der Waals surface area contributed by atoms with E-state index in [0.717, 1.165) is 12.3 Å². The third-order valence-corrected chi connectivity index (χ3v) is 5.30. The molecular formula is C21H21ClF3N3O5. The van der Waals surface area contributed by atoms with Crippen LogP contribution in [-0.2, 0) is 15.7 Å². The Morgan fingerprint density at radius 1 is 1.09 bits per heavy atom. The molecule has 2 aromatic rings. The summed E-state index contributed by atoms with van der Waals surface area (Å²) in [4.78, 5) is 31.3. The van der Waals surface area contributed by atoms with Gasteiger partial charge in [-0.15, -0.1) is 0 Å². The lowest BCUT2D eigenvalue weighted by atomic mass is 10.2. The number of pyridine rings is 1. The van der Waals surface area contributed by atoms with Gasteiger partial charge in [-0.1, -0.05) is 11.6 Å². The smallest absolute Gasteiger partial charge is 0.417 e. The first-order chi connectivity index (χ1) is 15.6. The molecule has 1 saturated heterocycles. The van der Waals surface area contributed by atoms with E-state index in [4.69, 9.17) is 21.1 Å². The number of ether oxygens (including phenoxy) is 3. The lowest BCUT2D eigenvalue weighted by molar-refractivity contribution is -0.138. The highest BCUT2D eigenvalue weighted by atomic mass is 35.5. The van der Waals surface area contributed by atoms with Crippen molar-refractivity contribution in [3.63, 3.8) is 0 Å². The minimum Gasteiger partial charge on any atom is -0.493 e. The molecule has 1 aromatic carbocycles. The lowest BCUT2D eigenvalue weighted by Gasteiger charge is -2.35. The number of esters is 1. The van der Waals surface area contributed by atoms with Gasteiger partial charge in [0.25, 0.3) is 5.91 Å². The average molecular weight is 488 g/mol. The van der Waals surface area contributed by atoms with Gasteiger partial charge in [0.2, 0.25) is 0 Å². The van der Waals surface area contributed by atoms with Crippen LogP contribution < -0.4 is 14.4 Å². The van der Waals surface area contributed by atoms with E-state index in [1.54, 1.807) is 9.80 Å². The monoisotopic (exact) mass is 487 g/mol. The summed E-state index contributed by atoms with van der Waals surface area (Å²) < 4.78 is 53.8. The summed E-state index contributed by atoms with van der Waals surface area (Å²) in [6, 6.07) is 5.29. The molecule has 12 heteroatoms. The SMILES string of the molecule is COC(=O)c1ccc(OCC(=O)N2CCN(c3ncc(C(F)(F)F)cc3Cl)CC2)c(OC)c1. The zero-order valence-corrected chi connectivity index (χ0v) is 18.6. The molecule has 1 aliphatic heterocycles. The van der Waals surface area contributed by atoms with Crippen molar-refractivity contribution in [2.75, 3.05) is 51.9 Å². The maximum atomic E-state index is 12.8. The molecule has 0 unspecified atom stereocenters. The number of carbonyl (C=O) groups is 2. The van der Waals surface area contributed by atoms with Crippen molar-refractivity contribution >= 4 is 29.3 Å². The second-order valence-corrected chi connectivity index (χ2v) is 7.45. The number of rotatable bonds is 6. The topological polar surface area (TPSA) is 81.2 Å². The molecule has 33 heavy (non-hydrogen) atoms. The third kappa shape index (κ3) is 5.78. The van der Waals surface area contributed by atoms with Gasteiger partial charge < -0.3 is 24.0 Å². The number of piperazine rings is 1. The standard InChI is InChI=1S/C21H21ClF3N3O5/c1-31-17-9-13(20(30)32-2)3-4-16(17)33-12-18(29)27-5-7-28(8-6-27)19-15(22)10-14(11-26-19)21(23,24)25/h3-4,9-11H,5-8,12H2,1-2H3. The molecule has 1 aromatic heterocycles. The zero-order valence-electron chi connectivity index (χ0n) is 17.8. The first-order valence-corrected chi connectivity index (χ1v) is 10.2. The summed E-state index contributed by atoms with van der Waals surface area (Å²) in [6.07, 6.45) is -3.78. The van der Waals surface area contributed by atoms with Crippen molar-refractivity contribution in [3.8, 4) is 11.5 Å². The number of hydrogen-bond acceptors (Lipinski definition) is 7. The summed E-state index contributed by atoms with van der Waals surface area (Å²) in [5.74, 6) is -0.00322. The van der Waals surface area contributed by atoms with E-state index in [0.29, 0.717) is 26.2 Å². The Morgan fingerprint density at radius 2 is 1.79 bits per heavy atom. The summed E-state index contributed by atoms with van der Waals surface area (Å²) >= 11 is 6.01. The Kier molecular flexibility index (Phi) is 7.52. The number of methoxy groups -OCH3 is 2. The number of hydrogen-bond donors (Lipinski definition) is 0.